The predicted molar refractivity (Wildman–Crippen MR) is 32.4 cm³/mol. The molecule has 1 aromatic rings. The number of rotatable bonds is 3. The van der Waals surface area contributed by atoms with Crippen LogP contribution in [-0.4, -0.2) is 38.9 Å². The molecule has 12 heavy (non-hydrogen) atoms. The molecule has 0 atom stereocenters. The normalized spacial score (nSPS) is 10.8. The SMILES string of the molecule is O=S(=O)([O-])CCn1cnnn1.[Na+]. The maximum Gasteiger partial charge on any atom is 1.00 e. The molecular weight excluding hydrogens is 195 g/mol. The zero-order chi connectivity index (χ0) is 8.32. The molecule has 0 aliphatic heterocycles. The van der Waals surface area contributed by atoms with Gasteiger partial charge in [-0.25, -0.2) is 13.1 Å². The van der Waals surface area contributed by atoms with Crippen molar-refractivity contribution in [2.45, 2.75) is 6.54 Å². The van der Waals surface area contributed by atoms with Gasteiger partial charge in [0.1, 0.15) is 6.33 Å². The minimum absolute atomic E-state index is 0. The third-order valence-electron chi connectivity index (χ3n) is 0.962. The van der Waals surface area contributed by atoms with Gasteiger partial charge in [-0.1, -0.05) is 0 Å². The molecule has 1 heterocycles. The minimum atomic E-state index is -4.17. The fraction of sp³-hybridized carbons (Fsp3) is 0.667. The minimum Gasteiger partial charge on any atom is -0.748 e. The van der Waals surface area contributed by atoms with Crippen molar-refractivity contribution in [1.29, 1.82) is 0 Å². The summed E-state index contributed by atoms with van der Waals surface area (Å²) in [5.41, 5.74) is 0. The average Bonchev–Trinajstić information content (AvgIpc) is 2.32. The van der Waals surface area contributed by atoms with E-state index < -0.39 is 15.9 Å². The van der Waals surface area contributed by atoms with E-state index >= 15 is 0 Å². The van der Waals surface area contributed by atoms with Crippen LogP contribution in [0.4, 0.5) is 0 Å². The Balaban J connectivity index is 0.00000121. The molecule has 0 radical (unpaired) electrons. The molecule has 0 saturated heterocycles. The van der Waals surface area contributed by atoms with Crippen molar-refractivity contribution in [3.05, 3.63) is 6.33 Å². The first kappa shape index (κ1) is 12.0. The van der Waals surface area contributed by atoms with Crippen LogP contribution in [0.3, 0.4) is 0 Å². The van der Waals surface area contributed by atoms with Crippen molar-refractivity contribution in [3.8, 4) is 0 Å². The van der Waals surface area contributed by atoms with E-state index in [4.69, 9.17) is 0 Å². The first-order chi connectivity index (χ1) is 5.08. The van der Waals surface area contributed by atoms with Crippen LogP contribution in [0, 0.1) is 0 Å². The molecule has 0 saturated carbocycles. The van der Waals surface area contributed by atoms with Gasteiger partial charge in [-0.3, -0.25) is 0 Å². The van der Waals surface area contributed by atoms with Gasteiger partial charge in [-0.05, 0) is 10.4 Å². The Labute approximate surface area is 91.2 Å². The quantitative estimate of drug-likeness (QED) is 0.358. The van der Waals surface area contributed by atoms with Gasteiger partial charge >= 0.3 is 29.6 Å². The van der Waals surface area contributed by atoms with E-state index in [1.54, 1.807) is 0 Å². The molecule has 0 aliphatic carbocycles. The van der Waals surface area contributed by atoms with Crippen LogP contribution in [0.1, 0.15) is 0 Å². The average molecular weight is 200 g/mol. The fourth-order valence-corrected chi connectivity index (χ4v) is 0.899. The molecule has 0 aliphatic rings. The van der Waals surface area contributed by atoms with Crippen molar-refractivity contribution in [2.75, 3.05) is 5.75 Å². The van der Waals surface area contributed by atoms with Crippen LogP contribution in [0.25, 0.3) is 0 Å². The first-order valence-electron chi connectivity index (χ1n) is 2.72. The summed E-state index contributed by atoms with van der Waals surface area (Å²) in [7, 11) is -4.17. The number of nitrogens with zero attached hydrogens (tertiary/aromatic N) is 4. The second-order valence-electron chi connectivity index (χ2n) is 1.83. The van der Waals surface area contributed by atoms with Crippen molar-refractivity contribution in [3.63, 3.8) is 0 Å². The van der Waals surface area contributed by atoms with E-state index in [1.165, 1.54) is 11.0 Å². The van der Waals surface area contributed by atoms with E-state index in [2.05, 4.69) is 15.5 Å². The topological polar surface area (TPSA) is 101 Å². The van der Waals surface area contributed by atoms with Crippen LogP contribution in [0.5, 0.6) is 0 Å². The zero-order valence-corrected chi connectivity index (χ0v) is 9.23. The van der Waals surface area contributed by atoms with Gasteiger partial charge in [0.15, 0.2) is 0 Å². The zero-order valence-electron chi connectivity index (χ0n) is 6.41. The van der Waals surface area contributed by atoms with Gasteiger partial charge < -0.3 is 4.55 Å². The second-order valence-corrected chi connectivity index (χ2v) is 3.36. The van der Waals surface area contributed by atoms with Gasteiger partial charge in [0.25, 0.3) is 0 Å². The van der Waals surface area contributed by atoms with Gasteiger partial charge in [0.05, 0.1) is 22.4 Å². The molecule has 0 unspecified atom stereocenters. The van der Waals surface area contributed by atoms with Gasteiger partial charge in [-0.15, -0.1) is 5.10 Å². The monoisotopic (exact) mass is 200 g/mol. The van der Waals surface area contributed by atoms with E-state index in [0.29, 0.717) is 0 Å². The van der Waals surface area contributed by atoms with E-state index in [0.717, 1.165) is 0 Å². The van der Waals surface area contributed by atoms with Crippen molar-refractivity contribution >= 4 is 10.1 Å². The fourth-order valence-electron chi connectivity index (χ4n) is 0.488. The summed E-state index contributed by atoms with van der Waals surface area (Å²) in [6, 6.07) is 0. The summed E-state index contributed by atoms with van der Waals surface area (Å²) in [6.45, 7) is -0.00116. The number of hydrogen-bond donors (Lipinski definition) is 0. The Bertz CT molecular complexity index is 308. The van der Waals surface area contributed by atoms with Crippen molar-refractivity contribution in [1.82, 2.24) is 20.2 Å². The van der Waals surface area contributed by atoms with E-state index in [9.17, 15) is 13.0 Å². The number of tetrazole rings is 1. The summed E-state index contributed by atoms with van der Waals surface area (Å²) in [5, 5.41) is 9.89. The van der Waals surface area contributed by atoms with Crippen molar-refractivity contribution < 1.29 is 42.5 Å². The molecule has 0 bridgehead atoms. The summed E-state index contributed by atoms with van der Waals surface area (Å²) < 4.78 is 31.4. The van der Waals surface area contributed by atoms with E-state index in [-0.39, 0.29) is 36.1 Å². The number of aromatic nitrogens is 4. The van der Waals surface area contributed by atoms with Gasteiger partial charge in [0, 0.05) is 0 Å². The van der Waals surface area contributed by atoms with Crippen LogP contribution >= 0.6 is 0 Å². The van der Waals surface area contributed by atoms with Gasteiger partial charge in [-0.2, -0.15) is 0 Å². The Morgan fingerprint density at radius 1 is 1.50 bits per heavy atom. The molecule has 0 fully saturated rings. The molecule has 9 heteroatoms. The predicted octanol–water partition coefficient (Wildman–Crippen LogP) is -4.78. The Morgan fingerprint density at radius 3 is 2.58 bits per heavy atom. The molecule has 0 N–H and O–H groups in total. The molecule has 1 aromatic heterocycles. The maximum absolute atomic E-state index is 10.1. The molecule has 0 aromatic carbocycles. The van der Waals surface area contributed by atoms with Crippen LogP contribution in [0.2, 0.25) is 0 Å². The standard InChI is InChI=1S/C3H6N4O3S.Na/c8-11(9,10)2-1-7-3-4-5-6-7;/h3H,1-2H2,(H,8,9,10);/q;+1/p-1. The summed E-state index contributed by atoms with van der Waals surface area (Å²) in [6.07, 6.45) is 1.24. The van der Waals surface area contributed by atoms with Crippen LogP contribution in [-0.2, 0) is 16.7 Å². The molecule has 0 spiro atoms. The molecule has 7 nitrogen and oxygen atoms in total. The van der Waals surface area contributed by atoms with Crippen LogP contribution < -0.4 is 29.6 Å². The molecule has 1 rings (SSSR count). The van der Waals surface area contributed by atoms with Gasteiger partial charge in [0.2, 0.25) is 0 Å². The smallest absolute Gasteiger partial charge is 0.748 e. The summed E-state index contributed by atoms with van der Waals surface area (Å²) in [5.74, 6) is -0.488. The van der Waals surface area contributed by atoms with Crippen molar-refractivity contribution in [2.24, 2.45) is 0 Å². The Morgan fingerprint density at radius 2 is 2.17 bits per heavy atom. The maximum atomic E-state index is 10.1. The number of hydrogen-bond acceptors (Lipinski definition) is 6. The molecular formula is C3H5N4NaO3S. The first-order valence-corrected chi connectivity index (χ1v) is 4.30. The second kappa shape index (κ2) is 4.87. The Hall–Kier alpha value is -0.0200. The van der Waals surface area contributed by atoms with E-state index in [1.807, 2.05) is 0 Å². The third-order valence-corrected chi connectivity index (χ3v) is 1.64. The summed E-state index contributed by atoms with van der Waals surface area (Å²) >= 11 is 0. The van der Waals surface area contributed by atoms with Crippen LogP contribution in [0.15, 0.2) is 6.33 Å². The summed E-state index contributed by atoms with van der Waals surface area (Å²) in [4.78, 5) is 0. The third kappa shape index (κ3) is 4.78. The molecule has 62 valence electrons. The number of aryl methyl sites for hydroxylation is 1. The molecule has 0 amide bonds. The Kier molecular flexibility index (Phi) is 4.87. The largest absolute Gasteiger partial charge is 1.00 e.